The van der Waals surface area contributed by atoms with Gasteiger partial charge in [0.05, 0.1) is 23.3 Å². The molecular formula is C17H22N2O7S. The Labute approximate surface area is 157 Å². The number of likely N-dealkylation sites (tertiary alicyclic amines) is 1. The number of esters is 1. The minimum atomic E-state index is -3.13. The number of nitrogens with one attached hydrogen (secondary N) is 1. The van der Waals surface area contributed by atoms with Gasteiger partial charge < -0.3 is 10.1 Å². The van der Waals surface area contributed by atoms with Crippen LogP contribution in [0.3, 0.4) is 0 Å². The zero-order valence-corrected chi connectivity index (χ0v) is 15.7. The number of fused-ring (bicyclic) bond motifs is 1. The Balaban J connectivity index is 1.51. The van der Waals surface area contributed by atoms with Gasteiger partial charge in [0.25, 0.3) is 5.91 Å². The second-order valence-electron chi connectivity index (χ2n) is 7.15. The van der Waals surface area contributed by atoms with Crippen molar-refractivity contribution >= 4 is 33.5 Å². The molecule has 9 nitrogen and oxygen atoms in total. The van der Waals surface area contributed by atoms with E-state index in [0.717, 1.165) is 4.90 Å². The molecule has 3 rings (SSSR count). The molecule has 0 aromatic carbocycles. The fourth-order valence-electron chi connectivity index (χ4n) is 3.75. The Morgan fingerprint density at radius 1 is 1.22 bits per heavy atom. The number of allylic oxidation sites excluding steroid dienone is 2. The molecule has 0 unspecified atom stereocenters. The minimum Gasteiger partial charge on any atom is -0.454 e. The van der Waals surface area contributed by atoms with Gasteiger partial charge in [-0.1, -0.05) is 12.2 Å². The Morgan fingerprint density at radius 2 is 1.81 bits per heavy atom. The van der Waals surface area contributed by atoms with Gasteiger partial charge in [0, 0.05) is 6.04 Å². The quantitative estimate of drug-likeness (QED) is 0.364. The van der Waals surface area contributed by atoms with Crippen LogP contribution in [0.1, 0.15) is 26.2 Å². The minimum absolute atomic E-state index is 0.0190. The Kier molecular flexibility index (Phi) is 5.36. The number of sulfone groups is 1. The van der Waals surface area contributed by atoms with Crippen molar-refractivity contribution in [1.82, 2.24) is 10.2 Å². The van der Waals surface area contributed by atoms with Gasteiger partial charge >= 0.3 is 5.97 Å². The lowest BCUT2D eigenvalue weighted by Crippen LogP contribution is -2.45. The van der Waals surface area contributed by atoms with Gasteiger partial charge in [-0.25, -0.2) is 13.2 Å². The molecule has 3 amide bonds. The summed E-state index contributed by atoms with van der Waals surface area (Å²) in [5.74, 6) is -3.23. The van der Waals surface area contributed by atoms with Gasteiger partial charge in [0.15, 0.2) is 16.4 Å². The second kappa shape index (κ2) is 7.41. The lowest BCUT2D eigenvalue weighted by Gasteiger charge is -2.21. The van der Waals surface area contributed by atoms with Gasteiger partial charge in [-0.05, 0) is 26.2 Å². The van der Waals surface area contributed by atoms with Crippen LogP contribution in [0.25, 0.3) is 0 Å². The van der Waals surface area contributed by atoms with Crippen molar-refractivity contribution in [2.45, 2.75) is 38.3 Å². The van der Waals surface area contributed by atoms with E-state index in [1.54, 1.807) is 0 Å². The highest BCUT2D eigenvalue weighted by Crippen LogP contribution is 2.36. The van der Waals surface area contributed by atoms with Crippen molar-refractivity contribution in [3.8, 4) is 0 Å². The Morgan fingerprint density at radius 3 is 2.33 bits per heavy atom. The van der Waals surface area contributed by atoms with E-state index < -0.39 is 52.2 Å². The number of ether oxygens (including phenoxy) is 1. The molecule has 4 atom stereocenters. The van der Waals surface area contributed by atoms with Crippen LogP contribution in [-0.4, -0.2) is 67.2 Å². The van der Waals surface area contributed by atoms with E-state index in [1.807, 2.05) is 12.2 Å². The fraction of sp³-hybridized carbons (Fsp3) is 0.647. The van der Waals surface area contributed by atoms with E-state index >= 15 is 0 Å². The summed E-state index contributed by atoms with van der Waals surface area (Å²) in [6.07, 6.45) is 4.98. The zero-order chi connectivity index (χ0) is 19.8. The summed E-state index contributed by atoms with van der Waals surface area (Å²) in [4.78, 5) is 49.9. The first-order chi connectivity index (χ1) is 12.7. The molecule has 0 spiro atoms. The standard InChI is InChI=1S/C17H22N2O7S/c1-10(19-15(21)12-4-2-3-5-13(12)16(19)22)17(23)26-8-14(20)18-11-6-7-27(24,25)9-11/h2-3,10-13H,4-9H2,1H3,(H,18,20)/t10-,11-,12-,13+/m0/s1. The molecule has 0 bridgehead atoms. The summed E-state index contributed by atoms with van der Waals surface area (Å²) in [5.41, 5.74) is 0. The summed E-state index contributed by atoms with van der Waals surface area (Å²) in [6.45, 7) is 0.800. The molecule has 0 saturated carbocycles. The van der Waals surface area contributed by atoms with Crippen LogP contribution < -0.4 is 5.32 Å². The number of imide groups is 1. The van der Waals surface area contributed by atoms with Crippen molar-refractivity contribution < 1.29 is 32.3 Å². The van der Waals surface area contributed by atoms with E-state index in [0.29, 0.717) is 19.3 Å². The van der Waals surface area contributed by atoms with E-state index in [4.69, 9.17) is 4.74 Å². The topological polar surface area (TPSA) is 127 Å². The van der Waals surface area contributed by atoms with Crippen molar-refractivity contribution in [2.75, 3.05) is 18.1 Å². The maximum absolute atomic E-state index is 12.5. The molecule has 27 heavy (non-hydrogen) atoms. The number of nitrogens with zero attached hydrogens (tertiary/aromatic N) is 1. The summed E-state index contributed by atoms with van der Waals surface area (Å²) >= 11 is 0. The number of carbonyl (C=O) groups excluding carboxylic acids is 4. The predicted octanol–water partition coefficient (Wildman–Crippen LogP) is -0.827. The lowest BCUT2D eigenvalue weighted by atomic mass is 9.85. The van der Waals surface area contributed by atoms with Crippen LogP contribution in [0.4, 0.5) is 0 Å². The van der Waals surface area contributed by atoms with Crippen molar-refractivity contribution in [1.29, 1.82) is 0 Å². The van der Waals surface area contributed by atoms with Crippen LogP contribution in [0, 0.1) is 11.8 Å². The molecule has 2 aliphatic heterocycles. The van der Waals surface area contributed by atoms with Crippen LogP contribution in [0.5, 0.6) is 0 Å². The van der Waals surface area contributed by atoms with E-state index in [9.17, 15) is 27.6 Å². The summed E-state index contributed by atoms with van der Waals surface area (Å²) in [7, 11) is -3.13. The molecule has 10 heteroatoms. The Hall–Kier alpha value is -2.23. The number of carbonyl (C=O) groups is 4. The number of rotatable bonds is 5. The third-order valence-electron chi connectivity index (χ3n) is 5.21. The predicted molar refractivity (Wildman–Crippen MR) is 92.8 cm³/mol. The molecule has 0 aromatic heterocycles. The number of hydrogen-bond acceptors (Lipinski definition) is 7. The molecule has 148 valence electrons. The second-order valence-corrected chi connectivity index (χ2v) is 9.38. The third-order valence-corrected chi connectivity index (χ3v) is 6.98. The summed E-state index contributed by atoms with van der Waals surface area (Å²) < 4.78 is 27.7. The average Bonchev–Trinajstić information content (AvgIpc) is 3.09. The zero-order valence-electron chi connectivity index (χ0n) is 14.9. The fourth-order valence-corrected chi connectivity index (χ4v) is 5.42. The van der Waals surface area contributed by atoms with Crippen LogP contribution >= 0.6 is 0 Å². The van der Waals surface area contributed by atoms with Gasteiger partial charge in [0.2, 0.25) is 11.8 Å². The van der Waals surface area contributed by atoms with E-state index in [1.165, 1.54) is 6.92 Å². The maximum Gasteiger partial charge on any atom is 0.329 e. The maximum atomic E-state index is 12.5. The highest BCUT2D eigenvalue weighted by molar-refractivity contribution is 7.91. The SMILES string of the molecule is C[C@@H](C(=O)OCC(=O)N[C@H]1CCS(=O)(=O)C1)N1C(=O)[C@H]2CC=CC[C@H]2C1=O. The monoisotopic (exact) mass is 398 g/mol. The van der Waals surface area contributed by atoms with E-state index in [2.05, 4.69) is 5.32 Å². The molecule has 1 aliphatic carbocycles. The molecule has 2 heterocycles. The number of amides is 3. The molecular weight excluding hydrogens is 376 g/mol. The first-order valence-corrected chi connectivity index (χ1v) is 10.7. The summed E-state index contributed by atoms with van der Waals surface area (Å²) in [5, 5.41) is 2.51. The molecule has 2 fully saturated rings. The largest absolute Gasteiger partial charge is 0.454 e. The van der Waals surface area contributed by atoms with Gasteiger partial charge in [-0.3, -0.25) is 19.3 Å². The third kappa shape index (κ3) is 4.05. The molecule has 0 aromatic rings. The highest BCUT2D eigenvalue weighted by atomic mass is 32.2. The molecule has 3 aliphatic rings. The van der Waals surface area contributed by atoms with Crippen LogP contribution in [0.2, 0.25) is 0 Å². The molecule has 0 radical (unpaired) electrons. The van der Waals surface area contributed by atoms with E-state index in [-0.39, 0.29) is 23.3 Å². The average molecular weight is 398 g/mol. The molecule has 2 saturated heterocycles. The molecule has 1 N–H and O–H groups in total. The van der Waals surface area contributed by atoms with Crippen LogP contribution in [-0.2, 0) is 33.8 Å². The smallest absolute Gasteiger partial charge is 0.329 e. The van der Waals surface area contributed by atoms with Gasteiger partial charge in [-0.2, -0.15) is 0 Å². The van der Waals surface area contributed by atoms with Crippen molar-refractivity contribution in [3.63, 3.8) is 0 Å². The van der Waals surface area contributed by atoms with Crippen molar-refractivity contribution in [2.24, 2.45) is 11.8 Å². The number of hydrogen-bond donors (Lipinski definition) is 1. The normalized spacial score (nSPS) is 30.1. The summed E-state index contributed by atoms with van der Waals surface area (Å²) in [6, 6.07) is -1.61. The van der Waals surface area contributed by atoms with Crippen molar-refractivity contribution in [3.05, 3.63) is 12.2 Å². The first kappa shape index (κ1) is 19.5. The van der Waals surface area contributed by atoms with Gasteiger partial charge in [-0.15, -0.1) is 0 Å². The first-order valence-electron chi connectivity index (χ1n) is 8.88. The Bertz CT molecular complexity index is 778. The van der Waals surface area contributed by atoms with Crippen LogP contribution in [0.15, 0.2) is 12.2 Å². The highest BCUT2D eigenvalue weighted by Gasteiger charge is 2.50. The van der Waals surface area contributed by atoms with Gasteiger partial charge in [0.1, 0.15) is 6.04 Å². The lowest BCUT2D eigenvalue weighted by molar-refractivity contribution is -0.159.